The molecule has 2 aliphatic heterocycles. The Hall–Kier alpha value is -1.31. The molecular weight excluding hydrogens is 362 g/mol. The number of halogens is 1. The van der Waals surface area contributed by atoms with Crippen molar-refractivity contribution in [2.24, 2.45) is 0 Å². The summed E-state index contributed by atoms with van der Waals surface area (Å²) in [5, 5.41) is 6.63. The van der Waals surface area contributed by atoms with E-state index in [1.54, 1.807) is 24.3 Å². The summed E-state index contributed by atoms with van der Waals surface area (Å²) in [6.45, 7) is 1.81. The zero-order valence-electron chi connectivity index (χ0n) is 14.3. The van der Waals surface area contributed by atoms with Gasteiger partial charge in [-0.3, -0.25) is 9.52 Å². The highest BCUT2D eigenvalue weighted by molar-refractivity contribution is 7.92. The first-order valence-electron chi connectivity index (χ1n) is 8.63. The molecule has 0 saturated carbocycles. The Bertz CT molecular complexity index is 699. The van der Waals surface area contributed by atoms with Crippen LogP contribution in [0.4, 0.5) is 5.69 Å². The molecule has 8 heteroatoms. The molecule has 2 unspecified atom stereocenters. The molecule has 0 spiro atoms. The molecule has 140 valence electrons. The van der Waals surface area contributed by atoms with Crippen LogP contribution in [-0.4, -0.2) is 38.2 Å². The van der Waals surface area contributed by atoms with Gasteiger partial charge in [0.15, 0.2) is 0 Å². The van der Waals surface area contributed by atoms with Crippen molar-refractivity contribution in [2.45, 2.75) is 57.2 Å². The predicted molar refractivity (Wildman–Crippen MR) is 102 cm³/mol. The summed E-state index contributed by atoms with van der Waals surface area (Å²) >= 11 is 0. The molecule has 2 saturated heterocycles. The number of carbonyl (C=O) groups excluding carboxylic acids is 1. The van der Waals surface area contributed by atoms with Crippen molar-refractivity contribution in [1.82, 2.24) is 10.6 Å². The zero-order valence-corrected chi connectivity index (χ0v) is 16.0. The molecule has 1 amide bonds. The fourth-order valence-corrected chi connectivity index (χ4v) is 4.85. The Morgan fingerprint density at radius 1 is 1.20 bits per heavy atom. The highest BCUT2D eigenvalue weighted by atomic mass is 35.5. The van der Waals surface area contributed by atoms with Gasteiger partial charge in [0.25, 0.3) is 5.91 Å². The van der Waals surface area contributed by atoms with E-state index in [-0.39, 0.29) is 30.1 Å². The molecule has 6 nitrogen and oxygen atoms in total. The normalized spacial score (nSPS) is 25.1. The van der Waals surface area contributed by atoms with Gasteiger partial charge in [-0.25, -0.2) is 8.42 Å². The summed E-state index contributed by atoms with van der Waals surface area (Å²) in [4.78, 5) is 12.6. The fourth-order valence-electron chi connectivity index (χ4n) is 3.70. The van der Waals surface area contributed by atoms with E-state index in [0.29, 0.717) is 29.8 Å². The average molecular weight is 388 g/mol. The zero-order chi connectivity index (χ0) is 17.2. The number of hydrogen-bond donors (Lipinski definition) is 3. The molecule has 1 aromatic carbocycles. The lowest BCUT2D eigenvalue weighted by atomic mass is 9.99. The number of anilines is 1. The van der Waals surface area contributed by atoms with Crippen molar-refractivity contribution in [3.63, 3.8) is 0 Å². The first-order valence-corrected chi connectivity index (χ1v) is 10.3. The number of carbonyl (C=O) groups is 1. The summed E-state index contributed by atoms with van der Waals surface area (Å²) in [5.74, 6) is -0.170. The van der Waals surface area contributed by atoms with E-state index in [9.17, 15) is 13.2 Å². The van der Waals surface area contributed by atoms with Crippen LogP contribution < -0.4 is 15.4 Å². The number of rotatable bonds is 6. The molecule has 2 aliphatic rings. The molecule has 2 fully saturated rings. The Morgan fingerprint density at radius 2 is 1.84 bits per heavy atom. The predicted octanol–water partition coefficient (Wildman–Crippen LogP) is 2.27. The third-order valence-corrected chi connectivity index (χ3v) is 6.19. The van der Waals surface area contributed by atoms with Crippen LogP contribution in [0.15, 0.2) is 24.3 Å². The number of sulfonamides is 1. The Kier molecular flexibility index (Phi) is 6.71. The Labute approximate surface area is 155 Å². The minimum atomic E-state index is -3.42. The highest BCUT2D eigenvalue weighted by Gasteiger charge is 2.34. The quantitative estimate of drug-likeness (QED) is 0.698. The van der Waals surface area contributed by atoms with E-state index in [0.717, 1.165) is 12.8 Å². The number of piperidine rings is 1. The van der Waals surface area contributed by atoms with Crippen LogP contribution in [0.1, 0.15) is 49.4 Å². The topological polar surface area (TPSA) is 87.3 Å². The van der Waals surface area contributed by atoms with E-state index in [2.05, 4.69) is 15.4 Å². The number of nitrogens with one attached hydrogen (secondary N) is 3. The highest BCUT2D eigenvalue weighted by Crippen LogP contribution is 2.27. The van der Waals surface area contributed by atoms with Gasteiger partial charge in [0, 0.05) is 18.1 Å². The molecule has 1 aromatic rings. The fraction of sp³-hybridized carbons (Fsp3) is 0.588. The van der Waals surface area contributed by atoms with Crippen LogP contribution in [0.2, 0.25) is 0 Å². The maximum Gasteiger partial charge on any atom is 0.253 e. The first-order chi connectivity index (χ1) is 11.5. The maximum atomic E-state index is 12.6. The summed E-state index contributed by atoms with van der Waals surface area (Å²) in [6.07, 6.45) is 4.74. The van der Waals surface area contributed by atoms with Gasteiger partial charge in [0.05, 0.1) is 17.0 Å². The molecular formula is C17H26ClN3O3S. The Balaban J connectivity index is 0.00000225. The molecule has 0 aliphatic carbocycles. The van der Waals surface area contributed by atoms with Crippen molar-refractivity contribution in [1.29, 1.82) is 0 Å². The van der Waals surface area contributed by atoms with Gasteiger partial charge >= 0.3 is 0 Å². The second-order valence-electron chi connectivity index (χ2n) is 6.75. The van der Waals surface area contributed by atoms with Gasteiger partial charge < -0.3 is 10.6 Å². The van der Waals surface area contributed by atoms with Crippen molar-refractivity contribution < 1.29 is 13.2 Å². The van der Waals surface area contributed by atoms with Crippen molar-refractivity contribution in [2.75, 3.05) is 10.5 Å². The number of fused-ring (bicyclic) bond motifs is 2. The van der Waals surface area contributed by atoms with E-state index in [4.69, 9.17) is 0 Å². The standard InChI is InChI=1S/C17H25N3O3S.ClH/c1-2-9-24(22,23)20-16-6-4-3-5-15(16)17(21)19-14-10-12-7-8-13(11-14)18-12;/h3-6,12-14,18,20H,2,7-11H2,1H3,(H,19,21);1H. The molecule has 0 aromatic heterocycles. The lowest BCUT2D eigenvalue weighted by Gasteiger charge is -2.29. The molecule has 0 radical (unpaired) electrons. The molecule has 3 N–H and O–H groups in total. The van der Waals surface area contributed by atoms with E-state index < -0.39 is 10.0 Å². The second kappa shape index (κ2) is 8.38. The molecule has 2 heterocycles. The van der Waals surface area contributed by atoms with E-state index in [1.807, 2.05) is 6.92 Å². The van der Waals surface area contributed by atoms with Gasteiger partial charge in [-0.2, -0.15) is 0 Å². The summed E-state index contributed by atoms with van der Waals surface area (Å²) < 4.78 is 26.6. The van der Waals surface area contributed by atoms with Gasteiger partial charge in [-0.05, 0) is 44.2 Å². The van der Waals surface area contributed by atoms with Crippen LogP contribution in [0.25, 0.3) is 0 Å². The summed E-state index contributed by atoms with van der Waals surface area (Å²) in [7, 11) is -3.42. The Morgan fingerprint density at radius 3 is 2.48 bits per heavy atom. The SMILES string of the molecule is CCCS(=O)(=O)Nc1ccccc1C(=O)NC1CC2CCC(C1)N2.Cl. The van der Waals surface area contributed by atoms with Gasteiger partial charge in [-0.15, -0.1) is 12.4 Å². The van der Waals surface area contributed by atoms with Gasteiger partial charge in [0.1, 0.15) is 0 Å². The lowest BCUT2D eigenvalue weighted by Crippen LogP contribution is -2.48. The summed E-state index contributed by atoms with van der Waals surface area (Å²) in [6, 6.07) is 7.91. The number of amides is 1. The van der Waals surface area contributed by atoms with E-state index in [1.165, 1.54) is 12.8 Å². The van der Waals surface area contributed by atoms with Crippen molar-refractivity contribution >= 4 is 34.0 Å². The second-order valence-corrected chi connectivity index (χ2v) is 8.59. The lowest BCUT2D eigenvalue weighted by molar-refractivity contribution is 0.0925. The first kappa shape index (κ1) is 20.0. The molecule has 3 rings (SSSR count). The monoisotopic (exact) mass is 387 g/mol. The summed E-state index contributed by atoms with van der Waals surface area (Å²) in [5.41, 5.74) is 0.725. The third kappa shape index (κ3) is 5.09. The minimum absolute atomic E-state index is 0. The minimum Gasteiger partial charge on any atom is -0.349 e. The average Bonchev–Trinajstić information content (AvgIpc) is 2.86. The third-order valence-electron chi connectivity index (χ3n) is 4.72. The number of hydrogen-bond acceptors (Lipinski definition) is 4. The van der Waals surface area contributed by atoms with Crippen LogP contribution in [-0.2, 0) is 10.0 Å². The van der Waals surface area contributed by atoms with Gasteiger partial charge in [0.2, 0.25) is 10.0 Å². The van der Waals surface area contributed by atoms with Crippen LogP contribution in [0, 0.1) is 0 Å². The molecule has 2 bridgehead atoms. The van der Waals surface area contributed by atoms with Crippen LogP contribution >= 0.6 is 12.4 Å². The smallest absolute Gasteiger partial charge is 0.253 e. The molecule has 25 heavy (non-hydrogen) atoms. The van der Waals surface area contributed by atoms with Crippen LogP contribution in [0.3, 0.4) is 0 Å². The van der Waals surface area contributed by atoms with Crippen molar-refractivity contribution in [3.8, 4) is 0 Å². The van der Waals surface area contributed by atoms with E-state index >= 15 is 0 Å². The molecule has 2 atom stereocenters. The van der Waals surface area contributed by atoms with Crippen molar-refractivity contribution in [3.05, 3.63) is 29.8 Å². The largest absolute Gasteiger partial charge is 0.349 e. The number of benzene rings is 1. The van der Waals surface area contributed by atoms with Gasteiger partial charge in [-0.1, -0.05) is 19.1 Å². The van der Waals surface area contributed by atoms with Crippen LogP contribution in [0.5, 0.6) is 0 Å². The number of para-hydroxylation sites is 1. The maximum absolute atomic E-state index is 12.6.